The average molecular weight is 345 g/mol. The van der Waals surface area contributed by atoms with E-state index in [4.69, 9.17) is 0 Å². The quantitative estimate of drug-likeness (QED) is 0.811. The van der Waals surface area contributed by atoms with Crippen molar-refractivity contribution in [1.29, 1.82) is 0 Å². The molecule has 1 N–H and O–H groups in total. The molecule has 1 aromatic heterocycles. The second-order valence-corrected chi connectivity index (χ2v) is 8.45. The summed E-state index contributed by atoms with van der Waals surface area (Å²) in [6.07, 6.45) is 0.515. The molecule has 0 aliphatic heterocycles. The zero-order valence-electron chi connectivity index (χ0n) is 15.1. The van der Waals surface area contributed by atoms with Crippen molar-refractivity contribution < 1.29 is 4.79 Å². The molecule has 2 aromatic rings. The summed E-state index contributed by atoms with van der Waals surface area (Å²) in [5.74, 6) is 0.0954. The van der Waals surface area contributed by atoms with Crippen LogP contribution in [0, 0.1) is 5.41 Å². The average Bonchev–Trinajstić information content (AvgIpc) is 3.04. The van der Waals surface area contributed by atoms with Crippen molar-refractivity contribution in [2.45, 2.75) is 33.2 Å². The first-order chi connectivity index (χ1) is 11.3. The molecule has 0 saturated heterocycles. The second-order valence-electron chi connectivity index (χ2n) is 7.48. The number of nitrogens with zero attached hydrogens (tertiary/aromatic N) is 1. The lowest BCUT2D eigenvalue weighted by molar-refractivity contribution is -0.121. The SMILES string of the molecule is CN(CCC(=O)NC(c1ccccc1)c1cccs1)CC(C)(C)C. The van der Waals surface area contributed by atoms with Crippen molar-refractivity contribution in [3.05, 3.63) is 58.3 Å². The molecule has 1 amide bonds. The van der Waals surface area contributed by atoms with Crippen LogP contribution >= 0.6 is 11.3 Å². The Morgan fingerprint density at radius 3 is 2.46 bits per heavy atom. The predicted octanol–water partition coefficient (Wildman–Crippen LogP) is 4.32. The fourth-order valence-corrected chi connectivity index (χ4v) is 3.64. The highest BCUT2D eigenvalue weighted by atomic mass is 32.1. The molecule has 0 bridgehead atoms. The monoisotopic (exact) mass is 344 g/mol. The number of nitrogens with one attached hydrogen (secondary N) is 1. The number of thiophene rings is 1. The van der Waals surface area contributed by atoms with Gasteiger partial charge in [0.25, 0.3) is 0 Å². The number of benzene rings is 1. The molecule has 1 heterocycles. The summed E-state index contributed by atoms with van der Waals surface area (Å²) in [7, 11) is 2.08. The molecule has 2 rings (SSSR count). The first-order valence-electron chi connectivity index (χ1n) is 8.41. The van der Waals surface area contributed by atoms with Crippen molar-refractivity contribution in [3.8, 4) is 0 Å². The molecule has 24 heavy (non-hydrogen) atoms. The minimum Gasteiger partial charge on any atom is -0.344 e. The third-order valence-electron chi connectivity index (χ3n) is 3.73. The van der Waals surface area contributed by atoms with E-state index < -0.39 is 0 Å². The topological polar surface area (TPSA) is 32.3 Å². The third kappa shape index (κ3) is 6.10. The molecule has 0 spiro atoms. The summed E-state index contributed by atoms with van der Waals surface area (Å²) in [6, 6.07) is 14.2. The number of carbonyl (C=O) groups is 1. The highest BCUT2D eigenvalue weighted by Crippen LogP contribution is 2.26. The van der Waals surface area contributed by atoms with E-state index in [0.717, 1.165) is 23.5 Å². The molecule has 0 aliphatic carbocycles. The van der Waals surface area contributed by atoms with Gasteiger partial charge >= 0.3 is 0 Å². The van der Waals surface area contributed by atoms with Gasteiger partial charge in [0.1, 0.15) is 0 Å². The Balaban J connectivity index is 1.96. The lowest BCUT2D eigenvalue weighted by Gasteiger charge is -2.26. The Kier molecular flexibility index (Phi) is 6.58. The van der Waals surface area contributed by atoms with Crippen molar-refractivity contribution in [2.75, 3.05) is 20.1 Å². The van der Waals surface area contributed by atoms with Gasteiger partial charge in [-0.2, -0.15) is 0 Å². The molecular formula is C20H28N2OS. The van der Waals surface area contributed by atoms with Gasteiger partial charge in [0.05, 0.1) is 6.04 Å². The van der Waals surface area contributed by atoms with Crippen LogP contribution in [-0.4, -0.2) is 30.9 Å². The standard InChI is InChI=1S/C20H28N2OS/c1-20(2,3)15-22(4)13-12-18(23)21-19(17-11-8-14-24-17)16-9-6-5-7-10-16/h5-11,14,19H,12-13,15H2,1-4H3,(H,21,23). The van der Waals surface area contributed by atoms with Gasteiger partial charge in [0.15, 0.2) is 0 Å². The van der Waals surface area contributed by atoms with Crippen LogP contribution in [-0.2, 0) is 4.79 Å². The van der Waals surface area contributed by atoms with Crippen LogP contribution < -0.4 is 5.32 Å². The Hall–Kier alpha value is -1.65. The first-order valence-corrected chi connectivity index (χ1v) is 9.29. The molecule has 0 saturated carbocycles. The van der Waals surface area contributed by atoms with Crippen LogP contribution in [0.25, 0.3) is 0 Å². The van der Waals surface area contributed by atoms with Crippen molar-refractivity contribution in [1.82, 2.24) is 10.2 Å². The smallest absolute Gasteiger partial charge is 0.222 e. The third-order valence-corrected chi connectivity index (χ3v) is 4.67. The molecule has 3 nitrogen and oxygen atoms in total. The van der Waals surface area contributed by atoms with E-state index in [9.17, 15) is 4.79 Å². The molecule has 1 unspecified atom stereocenters. The number of carbonyl (C=O) groups excluding carboxylic acids is 1. The maximum atomic E-state index is 12.5. The van der Waals surface area contributed by atoms with Gasteiger partial charge < -0.3 is 10.2 Å². The molecule has 1 aromatic carbocycles. The van der Waals surface area contributed by atoms with Crippen LogP contribution in [0.3, 0.4) is 0 Å². The fraction of sp³-hybridized carbons (Fsp3) is 0.450. The van der Waals surface area contributed by atoms with E-state index in [0.29, 0.717) is 6.42 Å². The summed E-state index contributed by atoms with van der Waals surface area (Å²) in [4.78, 5) is 15.8. The lowest BCUT2D eigenvalue weighted by Crippen LogP contribution is -2.34. The number of amides is 1. The van der Waals surface area contributed by atoms with Crippen LogP contribution in [0.4, 0.5) is 0 Å². The number of rotatable bonds is 7. The largest absolute Gasteiger partial charge is 0.344 e. The molecule has 0 aliphatic rings. The molecule has 1 atom stereocenters. The Morgan fingerprint density at radius 2 is 1.88 bits per heavy atom. The van der Waals surface area contributed by atoms with Gasteiger partial charge in [-0.3, -0.25) is 4.79 Å². The maximum absolute atomic E-state index is 12.5. The predicted molar refractivity (Wildman–Crippen MR) is 102 cm³/mol. The Bertz CT molecular complexity index is 617. The van der Waals surface area contributed by atoms with E-state index >= 15 is 0 Å². The van der Waals surface area contributed by atoms with E-state index in [-0.39, 0.29) is 17.4 Å². The van der Waals surface area contributed by atoms with Crippen molar-refractivity contribution >= 4 is 17.2 Å². The van der Waals surface area contributed by atoms with Gasteiger partial charge in [-0.1, -0.05) is 57.2 Å². The fourth-order valence-electron chi connectivity index (χ4n) is 2.83. The normalized spacial score (nSPS) is 13.0. The van der Waals surface area contributed by atoms with Gasteiger partial charge in [-0.25, -0.2) is 0 Å². The number of hydrogen-bond acceptors (Lipinski definition) is 3. The van der Waals surface area contributed by atoms with Crippen LogP contribution in [0.15, 0.2) is 47.8 Å². The molecule has 130 valence electrons. The van der Waals surface area contributed by atoms with Crippen LogP contribution in [0.1, 0.15) is 43.7 Å². The van der Waals surface area contributed by atoms with E-state index in [2.05, 4.69) is 61.6 Å². The zero-order valence-corrected chi connectivity index (χ0v) is 15.9. The zero-order chi connectivity index (χ0) is 17.6. The van der Waals surface area contributed by atoms with Gasteiger partial charge in [0, 0.05) is 24.4 Å². The minimum atomic E-state index is -0.0633. The van der Waals surface area contributed by atoms with Crippen LogP contribution in [0.2, 0.25) is 0 Å². The van der Waals surface area contributed by atoms with Crippen LogP contribution in [0.5, 0.6) is 0 Å². The first kappa shape index (κ1) is 18.7. The molecule has 0 fully saturated rings. The summed E-state index contributed by atoms with van der Waals surface area (Å²) in [5, 5.41) is 5.25. The van der Waals surface area contributed by atoms with E-state index in [1.165, 1.54) is 0 Å². The van der Waals surface area contributed by atoms with E-state index in [1.54, 1.807) is 11.3 Å². The summed E-state index contributed by atoms with van der Waals surface area (Å²) < 4.78 is 0. The Labute approximate surface area is 149 Å². The highest BCUT2D eigenvalue weighted by molar-refractivity contribution is 7.10. The summed E-state index contributed by atoms with van der Waals surface area (Å²) in [6.45, 7) is 8.39. The summed E-state index contributed by atoms with van der Waals surface area (Å²) >= 11 is 1.67. The molecular weight excluding hydrogens is 316 g/mol. The van der Waals surface area contributed by atoms with E-state index in [1.807, 2.05) is 24.3 Å². The van der Waals surface area contributed by atoms with Gasteiger partial charge in [-0.05, 0) is 29.5 Å². The molecule has 0 radical (unpaired) electrons. The van der Waals surface area contributed by atoms with Gasteiger partial charge in [-0.15, -0.1) is 11.3 Å². The van der Waals surface area contributed by atoms with Crippen molar-refractivity contribution in [3.63, 3.8) is 0 Å². The molecule has 4 heteroatoms. The summed E-state index contributed by atoms with van der Waals surface area (Å²) in [5.41, 5.74) is 1.37. The second kappa shape index (κ2) is 8.45. The lowest BCUT2D eigenvalue weighted by atomic mass is 9.96. The minimum absolute atomic E-state index is 0.0633. The van der Waals surface area contributed by atoms with Gasteiger partial charge in [0.2, 0.25) is 5.91 Å². The number of hydrogen-bond donors (Lipinski definition) is 1. The maximum Gasteiger partial charge on any atom is 0.222 e. The Morgan fingerprint density at radius 1 is 1.17 bits per heavy atom. The van der Waals surface area contributed by atoms with Crippen molar-refractivity contribution in [2.24, 2.45) is 5.41 Å². The highest BCUT2D eigenvalue weighted by Gasteiger charge is 2.19.